The summed E-state index contributed by atoms with van der Waals surface area (Å²) in [5.74, 6) is -0.476. The number of benzene rings is 1. The third-order valence-corrected chi connectivity index (χ3v) is 4.64. The van der Waals surface area contributed by atoms with Gasteiger partial charge in [-0.1, -0.05) is 43.0 Å². The van der Waals surface area contributed by atoms with Crippen LogP contribution in [-0.2, 0) is 10.0 Å². The molecule has 0 aliphatic heterocycles. The lowest BCUT2D eigenvalue weighted by molar-refractivity contribution is 0.0938. The minimum absolute atomic E-state index is 0.00320. The van der Waals surface area contributed by atoms with Crippen LogP contribution in [0.25, 0.3) is 0 Å². The Morgan fingerprint density at radius 3 is 2.52 bits per heavy atom. The van der Waals surface area contributed by atoms with Gasteiger partial charge in [-0.05, 0) is 25.5 Å². The van der Waals surface area contributed by atoms with Gasteiger partial charge in [-0.25, -0.2) is 13.6 Å². The first-order valence-electron chi connectivity index (χ1n) is 6.49. The minimum Gasteiger partial charge on any atom is -0.350 e. The number of carbonyl (C=O) groups excluding carboxylic acids is 1. The van der Waals surface area contributed by atoms with Crippen LogP contribution >= 0.6 is 23.2 Å². The summed E-state index contributed by atoms with van der Waals surface area (Å²) in [5.41, 5.74) is -0.00320. The molecule has 1 aromatic carbocycles. The number of rotatable bonds is 6. The van der Waals surface area contributed by atoms with Crippen LogP contribution in [0.5, 0.6) is 0 Å². The van der Waals surface area contributed by atoms with Gasteiger partial charge in [0.1, 0.15) is 0 Å². The zero-order valence-electron chi connectivity index (χ0n) is 11.8. The highest BCUT2D eigenvalue weighted by molar-refractivity contribution is 7.89. The maximum atomic E-state index is 12.2. The maximum Gasteiger partial charge on any atom is 0.253 e. The third kappa shape index (κ3) is 5.14. The average molecular weight is 353 g/mol. The first-order valence-corrected chi connectivity index (χ1v) is 8.79. The summed E-state index contributed by atoms with van der Waals surface area (Å²) in [6, 6.07) is 2.20. The van der Waals surface area contributed by atoms with E-state index in [1.54, 1.807) is 0 Å². The molecule has 0 aromatic heterocycles. The predicted molar refractivity (Wildman–Crippen MR) is 84.3 cm³/mol. The van der Waals surface area contributed by atoms with Gasteiger partial charge in [0.25, 0.3) is 5.91 Å². The van der Waals surface area contributed by atoms with E-state index in [2.05, 4.69) is 12.2 Å². The van der Waals surface area contributed by atoms with E-state index in [4.69, 9.17) is 28.3 Å². The van der Waals surface area contributed by atoms with Crippen LogP contribution in [0.15, 0.2) is 17.0 Å². The van der Waals surface area contributed by atoms with E-state index < -0.39 is 15.9 Å². The van der Waals surface area contributed by atoms with Gasteiger partial charge < -0.3 is 5.32 Å². The van der Waals surface area contributed by atoms with Gasteiger partial charge in [-0.2, -0.15) is 0 Å². The van der Waals surface area contributed by atoms with Crippen molar-refractivity contribution in [1.29, 1.82) is 0 Å². The second-order valence-corrected chi connectivity index (χ2v) is 7.17. The lowest BCUT2D eigenvalue weighted by Crippen LogP contribution is -2.32. The molecule has 0 aliphatic rings. The Balaban J connectivity index is 3.06. The SMILES string of the molecule is CCCCC(C)NC(=O)c1cc(S(N)(=O)=O)cc(Cl)c1Cl. The van der Waals surface area contributed by atoms with Gasteiger partial charge in [0.15, 0.2) is 0 Å². The number of sulfonamides is 1. The Morgan fingerprint density at radius 1 is 1.38 bits per heavy atom. The van der Waals surface area contributed by atoms with Crippen molar-refractivity contribution in [2.45, 2.75) is 44.0 Å². The first kappa shape index (κ1) is 18.2. The molecule has 0 radical (unpaired) electrons. The largest absolute Gasteiger partial charge is 0.350 e. The van der Waals surface area contributed by atoms with Crippen LogP contribution in [0, 0.1) is 0 Å². The fourth-order valence-electron chi connectivity index (χ4n) is 1.78. The number of hydrogen-bond acceptors (Lipinski definition) is 3. The Hall–Kier alpha value is -0.820. The molecule has 0 saturated carbocycles. The summed E-state index contributed by atoms with van der Waals surface area (Å²) in [4.78, 5) is 11.9. The molecule has 0 aliphatic carbocycles. The van der Waals surface area contributed by atoms with E-state index in [0.29, 0.717) is 0 Å². The molecule has 0 spiro atoms. The molecule has 1 amide bonds. The van der Waals surface area contributed by atoms with Crippen molar-refractivity contribution in [3.63, 3.8) is 0 Å². The van der Waals surface area contributed by atoms with Crippen molar-refractivity contribution in [2.24, 2.45) is 5.14 Å². The number of halogens is 2. The van der Waals surface area contributed by atoms with E-state index in [-0.39, 0.29) is 26.5 Å². The van der Waals surface area contributed by atoms with E-state index >= 15 is 0 Å². The molecule has 1 atom stereocenters. The van der Waals surface area contributed by atoms with Crippen molar-refractivity contribution in [1.82, 2.24) is 5.32 Å². The van der Waals surface area contributed by atoms with Gasteiger partial charge >= 0.3 is 0 Å². The summed E-state index contributed by atoms with van der Waals surface area (Å²) in [6.45, 7) is 3.92. The lowest BCUT2D eigenvalue weighted by Gasteiger charge is -2.15. The van der Waals surface area contributed by atoms with Crippen molar-refractivity contribution in [2.75, 3.05) is 0 Å². The van der Waals surface area contributed by atoms with Gasteiger partial charge in [-0.15, -0.1) is 0 Å². The Morgan fingerprint density at radius 2 is 2.00 bits per heavy atom. The molecule has 0 saturated heterocycles. The molecule has 21 heavy (non-hydrogen) atoms. The van der Waals surface area contributed by atoms with E-state index in [1.807, 2.05) is 6.92 Å². The normalized spacial score (nSPS) is 13.0. The Labute approximate surface area is 134 Å². The molecular formula is C13H18Cl2N2O3S. The zero-order valence-corrected chi connectivity index (χ0v) is 14.1. The van der Waals surface area contributed by atoms with Crippen LogP contribution < -0.4 is 10.5 Å². The number of nitrogens with two attached hydrogens (primary N) is 1. The maximum absolute atomic E-state index is 12.2. The molecule has 3 N–H and O–H groups in total. The van der Waals surface area contributed by atoms with Crippen LogP contribution in [0.3, 0.4) is 0 Å². The number of nitrogens with one attached hydrogen (secondary N) is 1. The average Bonchev–Trinajstić information content (AvgIpc) is 2.37. The Bertz CT molecular complexity index is 633. The summed E-state index contributed by atoms with van der Waals surface area (Å²) < 4.78 is 22.8. The zero-order chi connectivity index (χ0) is 16.2. The highest BCUT2D eigenvalue weighted by Crippen LogP contribution is 2.29. The van der Waals surface area contributed by atoms with Gasteiger partial charge in [0, 0.05) is 6.04 Å². The molecule has 0 bridgehead atoms. The molecule has 1 aromatic rings. The number of amides is 1. The van der Waals surface area contributed by atoms with Crippen LogP contribution in [-0.4, -0.2) is 20.4 Å². The fourth-order valence-corrected chi connectivity index (χ4v) is 2.82. The summed E-state index contributed by atoms with van der Waals surface area (Å²) in [7, 11) is -3.96. The van der Waals surface area contributed by atoms with E-state index in [1.165, 1.54) is 0 Å². The van der Waals surface area contributed by atoms with Crippen LogP contribution in [0.4, 0.5) is 0 Å². The first-order chi connectivity index (χ1) is 9.66. The quantitative estimate of drug-likeness (QED) is 0.824. The van der Waals surface area contributed by atoms with Gasteiger partial charge in [0.05, 0.1) is 20.5 Å². The predicted octanol–water partition coefficient (Wildman–Crippen LogP) is 2.95. The second kappa shape index (κ2) is 7.45. The monoisotopic (exact) mass is 352 g/mol. The molecule has 0 fully saturated rings. The standard InChI is InChI=1S/C13H18Cl2N2O3S/c1-3-4-5-8(2)17-13(18)10-6-9(21(16,19)20)7-11(14)12(10)15/h6-8H,3-5H2,1-2H3,(H,17,18)(H2,16,19,20). The highest BCUT2D eigenvalue weighted by atomic mass is 35.5. The van der Waals surface area contributed by atoms with Crippen molar-refractivity contribution in [3.8, 4) is 0 Å². The smallest absolute Gasteiger partial charge is 0.253 e. The highest BCUT2D eigenvalue weighted by Gasteiger charge is 2.20. The van der Waals surface area contributed by atoms with Crippen molar-refractivity contribution < 1.29 is 13.2 Å². The number of hydrogen-bond donors (Lipinski definition) is 2. The van der Waals surface area contributed by atoms with Crippen LogP contribution in [0.1, 0.15) is 43.5 Å². The lowest BCUT2D eigenvalue weighted by atomic mass is 10.1. The summed E-state index contributed by atoms with van der Waals surface area (Å²) in [5, 5.41) is 7.78. The van der Waals surface area contributed by atoms with E-state index in [0.717, 1.165) is 31.4 Å². The number of primary sulfonamides is 1. The molecule has 5 nitrogen and oxygen atoms in total. The Kier molecular flexibility index (Phi) is 6.46. The molecule has 118 valence electrons. The number of unbranched alkanes of at least 4 members (excludes halogenated alkanes) is 1. The van der Waals surface area contributed by atoms with Crippen molar-refractivity contribution in [3.05, 3.63) is 27.7 Å². The molecular weight excluding hydrogens is 335 g/mol. The molecule has 1 unspecified atom stereocenters. The summed E-state index contributed by atoms with van der Waals surface area (Å²) >= 11 is 11.8. The topological polar surface area (TPSA) is 89.3 Å². The minimum atomic E-state index is -3.96. The molecule has 1 rings (SSSR count). The fraction of sp³-hybridized carbons (Fsp3) is 0.462. The van der Waals surface area contributed by atoms with E-state index in [9.17, 15) is 13.2 Å². The molecule has 8 heteroatoms. The van der Waals surface area contributed by atoms with Gasteiger partial charge in [-0.3, -0.25) is 4.79 Å². The summed E-state index contributed by atoms with van der Waals surface area (Å²) in [6.07, 6.45) is 2.82. The second-order valence-electron chi connectivity index (χ2n) is 4.83. The molecule has 0 heterocycles. The van der Waals surface area contributed by atoms with Crippen LogP contribution in [0.2, 0.25) is 10.0 Å². The van der Waals surface area contributed by atoms with Crippen molar-refractivity contribution >= 4 is 39.1 Å². The number of carbonyl (C=O) groups is 1. The third-order valence-electron chi connectivity index (χ3n) is 2.94. The van der Waals surface area contributed by atoms with Gasteiger partial charge in [0.2, 0.25) is 10.0 Å².